The number of rotatable bonds is 3. The highest BCUT2D eigenvalue weighted by atomic mass is 79.9. The Labute approximate surface area is 125 Å². The van der Waals surface area contributed by atoms with Crippen LogP contribution in [-0.4, -0.2) is 23.5 Å². The molecule has 1 N–H and O–H groups in total. The topological polar surface area (TPSA) is 51.2 Å². The number of nitrogens with one attached hydrogen (secondary N) is 1. The van der Waals surface area contributed by atoms with E-state index < -0.39 is 0 Å². The van der Waals surface area contributed by atoms with E-state index in [4.69, 9.17) is 4.74 Å². The van der Waals surface area contributed by atoms with E-state index in [9.17, 15) is 4.79 Å². The molecule has 1 amide bonds. The van der Waals surface area contributed by atoms with Crippen molar-refractivity contribution in [1.29, 1.82) is 0 Å². The second-order valence-electron chi connectivity index (χ2n) is 4.65. The number of carbonyl (C=O) groups excluding carboxylic acids is 1. The number of hydrogen-bond donors (Lipinski definition) is 1. The zero-order valence-corrected chi connectivity index (χ0v) is 12.3. The molecule has 1 aliphatic rings. The van der Waals surface area contributed by atoms with Gasteiger partial charge in [0.25, 0.3) is 5.91 Å². The number of pyridine rings is 1. The first-order valence-corrected chi connectivity index (χ1v) is 7.15. The summed E-state index contributed by atoms with van der Waals surface area (Å²) in [7, 11) is 0. The molecule has 0 aliphatic carbocycles. The average Bonchev–Trinajstić information content (AvgIpc) is 2.87. The fourth-order valence-electron chi connectivity index (χ4n) is 2.21. The molecule has 2 aromatic rings. The monoisotopic (exact) mass is 332 g/mol. The molecule has 0 radical (unpaired) electrons. The Hall–Kier alpha value is -1.88. The van der Waals surface area contributed by atoms with Gasteiger partial charge in [-0.1, -0.05) is 18.2 Å². The van der Waals surface area contributed by atoms with E-state index >= 15 is 0 Å². The lowest BCUT2D eigenvalue weighted by molar-refractivity contribution is 0.0933. The summed E-state index contributed by atoms with van der Waals surface area (Å²) in [6, 6.07) is 9.70. The number of fused-ring (bicyclic) bond motifs is 1. The van der Waals surface area contributed by atoms with E-state index in [1.165, 1.54) is 5.56 Å². The molecule has 20 heavy (non-hydrogen) atoms. The number of hydrogen-bond acceptors (Lipinski definition) is 3. The highest BCUT2D eigenvalue weighted by Crippen LogP contribution is 2.27. The van der Waals surface area contributed by atoms with Crippen LogP contribution in [0.15, 0.2) is 47.2 Å². The van der Waals surface area contributed by atoms with Crippen molar-refractivity contribution in [3.05, 3.63) is 58.3 Å². The molecule has 0 saturated heterocycles. The van der Waals surface area contributed by atoms with E-state index in [1.807, 2.05) is 18.2 Å². The molecule has 0 spiro atoms. The van der Waals surface area contributed by atoms with Gasteiger partial charge in [0.1, 0.15) is 11.9 Å². The molecule has 1 atom stereocenters. The molecule has 1 unspecified atom stereocenters. The zero-order valence-electron chi connectivity index (χ0n) is 10.7. The Bertz CT molecular complexity index is 620. The number of amides is 1. The third kappa shape index (κ3) is 2.82. The number of para-hydroxylation sites is 1. The van der Waals surface area contributed by atoms with Crippen LogP contribution in [0.3, 0.4) is 0 Å². The highest BCUT2D eigenvalue weighted by Gasteiger charge is 2.22. The van der Waals surface area contributed by atoms with E-state index in [1.54, 1.807) is 18.5 Å². The number of benzene rings is 1. The molecule has 4 nitrogen and oxygen atoms in total. The van der Waals surface area contributed by atoms with Gasteiger partial charge < -0.3 is 10.1 Å². The first-order chi connectivity index (χ1) is 9.72. The van der Waals surface area contributed by atoms with Crippen molar-refractivity contribution in [1.82, 2.24) is 10.3 Å². The summed E-state index contributed by atoms with van der Waals surface area (Å²) in [6.45, 7) is 0.486. The van der Waals surface area contributed by atoms with Crippen molar-refractivity contribution >= 4 is 21.8 Å². The van der Waals surface area contributed by atoms with Crippen molar-refractivity contribution in [3.8, 4) is 5.75 Å². The van der Waals surface area contributed by atoms with Gasteiger partial charge >= 0.3 is 0 Å². The van der Waals surface area contributed by atoms with Crippen LogP contribution < -0.4 is 10.1 Å². The van der Waals surface area contributed by atoms with Gasteiger partial charge in [0.15, 0.2) is 0 Å². The SMILES string of the molecule is O=C(NCC1Cc2ccccc2O1)c1cncc(Br)c1. The fraction of sp³-hybridized carbons (Fsp3) is 0.200. The summed E-state index contributed by atoms with van der Waals surface area (Å²) >= 11 is 3.30. The zero-order chi connectivity index (χ0) is 13.9. The Balaban J connectivity index is 1.58. The lowest BCUT2D eigenvalue weighted by Gasteiger charge is -2.11. The van der Waals surface area contributed by atoms with Gasteiger partial charge in [-0.25, -0.2) is 0 Å². The standard InChI is InChI=1S/C15H13BrN2O2/c16-12-5-11(7-17-8-12)15(19)18-9-13-6-10-3-1-2-4-14(10)20-13/h1-5,7-8,13H,6,9H2,(H,18,19). The minimum absolute atomic E-state index is 0.00328. The van der Waals surface area contributed by atoms with Crippen molar-refractivity contribution in [2.45, 2.75) is 12.5 Å². The second-order valence-corrected chi connectivity index (χ2v) is 5.57. The Morgan fingerprint density at radius 3 is 3.05 bits per heavy atom. The normalized spacial score (nSPS) is 16.4. The molecule has 3 rings (SSSR count). The van der Waals surface area contributed by atoms with Gasteiger partial charge in [0, 0.05) is 23.3 Å². The molecule has 102 valence electrons. The van der Waals surface area contributed by atoms with Crippen LogP contribution in [0.25, 0.3) is 0 Å². The van der Waals surface area contributed by atoms with Gasteiger partial charge in [-0.3, -0.25) is 9.78 Å². The van der Waals surface area contributed by atoms with Crippen LogP contribution in [0.4, 0.5) is 0 Å². The number of aromatic nitrogens is 1. The highest BCUT2D eigenvalue weighted by molar-refractivity contribution is 9.10. The molecule has 1 aliphatic heterocycles. The van der Waals surface area contributed by atoms with Gasteiger partial charge in [0.05, 0.1) is 12.1 Å². The number of carbonyl (C=O) groups is 1. The molecule has 0 bridgehead atoms. The summed E-state index contributed by atoms with van der Waals surface area (Å²) in [6.07, 6.45) is 4.02. The van der Waals surface area contributed by atoms with Crippen LogP contribution in [-0.2, 0) is 6.42 Å². The molecule has 2 heterocycles. The number of ether oxygens (including phenoxy) is 1. The van der Waals surface area contributed by atoms with Crippen LogP contribution >= 0.6 is 15.9 Å². The smallest absolute Gasteiger partial charge is 0.253 e. The molecular weight excluding hydrogens is 320 g/mol. The van der Waals surface area contributed by atoms with Crippen molar-refractivity contribution in [2.75, 3.05) is 6.54 Å². The lowest BCUT2D eigenvalue weighted by Crippen LogP contribution is -2.34. The quantitative estimate of drug-likeness (QED) is 0.939. The van der Waals surface area contributed by atoms with Crippen molar-refractivity contribution < 1.29 is 9.53 Å². The molecule has 5 heteroatoms. The Morgan fingerprint density at radius 2 is 2.25 bits per heavy atom. The van der Waals surface area contributed by atoms with Gasteiger partial charge in [-0.2, -0.15) is 0 Å². The second kappa shape index (κ2) is 5.63. The summed E-state index contributed by atoms with van der Waals surface area (Å²) in [5.74, 6) is 0.772. The van der Waals surface area contributed by atoms with Gasteiger partial charge in [-0.05, 0) is 33.6 Å². The molecular formula is C15H13BrN2O2. The van der Waals surface area contributed by atoms with Crippen molar-refractivity contribution in [2.24, 2.45) is 0 Å². The van der Waals surface area contributed by atoms with E-state index in [-0.39, 0.29) is 12.0 Å². The van der Waals surface area contributed by atoms with Gasteiger partial charge in [-0.15, -0.1) is 0 Å². The van der Waals surface area contributed by atoms with Crippen LogP contribution in [0.2, 0.25) is 0 Å². The molecule has 1 aromatic heterocycles. The van der Waals surface area contributed by atoms with Crippen LogP contribution in [0, 0.1) is 0 Å². The summed E-state index contributed by atoms with van der Waals surface area (Å²) in [4.78, 5) is 16.0. The minimum Gasteiger partial charge on any atom is -0.488 e. The number of nitrogens with zero attached hydrogens (tertiary/aromatic N) is 1. The lowest BCUT2D eigenvalue weighted by atomic mass is 10.1. The van der Waals surface area contributed by atoms with Gasteiger partial charge in [0.2, 0.25) is 0 Å². The molecule has 0 saturated carbocycles. The van der Waals surface area contributed by atoms with Crippen molar-refractivity contribution in [3.63, 3.8) is 0 Å². The average molecular weight is 333 g/mol. The summed E-state index contributed by atoms with van der Waals surface area (Å²) in [5.41, 5.74) is 1.73. The first kappa shape index (κ1) is 13.1. The summed E-state index contributed by atoms with van der Waals surface area (Å²) < 4.78 is 6.56. The first-order valence-electron chi connectivity index (χ1n) is 6.35. The molecule has 1 aromatic carbocycles. The maximum Gasteiger partial charge on any atom is 0.253 e. The predicted molar refractivity (Wildman–Crippen MR) is 78.8 cm³/mol. The number of halogens is 1. The Morgan fingerprint density at radius 1 is 1.40 bits per heavy atom. The van der Waals surface area contributed by atoms with E-state index in [0.717, 1.165) is 16.6 Å². The third-order valence-corrected chi connectivity index (χ3v) is 3.60. The third-order valence-electron chi connectivity index (χ3n) is 3.17. The van der Waals surface area contributed by atoms with E-state index in [2.05, 4.69) is 32.3 Å². The maximum absolute atomic E-state index is 12.0. The summed E-state index contributed by atoms with van der Waals surface area (Å²) in [5, 5.41) is 2.88. The molecule has 0 fully saturated rings. The van der Waals surface area contributed by atoms with Crippen LogP contribution in [0.5, 0.6) is 5.75 Å². The maximum atomic E-state index is 12.0. The van der Waals surface area contributed by atoms with E-state index in [0.29, 0.717) is 12.1 Å². The fourth-order valence-corrected chi connectivity index (χ4v) is 2.58. The predicted octanol–water partition coefficient (Wildman–Crippen LogP) is 2.58. The Kier molecular flexibility index (Phi) is 3.69. The largest absolute Gasteiger partial charge is 0.488 e. The minimum atomic E-state index is -0.140. The van der Waals surface area contributed by atoms with Crippen LogP contribution in [0.1, 0.15) is 15.9 Å².